The van der Waals surface area contributed by atoms with E-state index in [1.807, 2.05) is 13.8 Å². The second-order valence-electron chi connectivity index (χ2n) is 5.67. The monoisotopic (exact) mass is 324 g/mol. The third-order valence-electron chi connectivity index (χ3n) is 3.56. The van der Waals surface area contributed by atoms with E-state index in [2.05, 4.69) is 30.9 Å². The number of rotatable bonds is 3. The molecule has 88 valence electrons. The van der Waals surface area contributed by atoms with Crippen molar-refractivity contribution in [3.05, 3.63) is 0 Å². The van der Waals surface area contributed by atoms with Gasteiger partial charge in [-0.25, -0.2) is 3.11 Å². The van der Waals surface area contributed by atoms with E-state index < -0.39 is 5.60 Å². The SMILES string of the molecule is CC(C)(O)CCN1C[C@H]2CN(I)C[C@H]2C1. The Morgan fingerprint density at radius 3 is 2.20 bits per heavy atom. The summed E-state index contributed by atoms with van der Waals surface area (Å²) in [7, 11) is 0. The van der Waals surface area contributed by atoms with Crippen LogP contribution in [-0.2, 0) is 0 Å². The fourth-order valence-electron chi connectivity index (χ4n) is 2.65. The van der Waals surface area contributed by atoms with E-state index in [9.17, 15) is 5.11 Å². The zero-order valence-corrected chi connectivity index (χ0v) is 11.8. The summed E-state index contributed by atoms with van der Waals surface area (Å²) in [6.07, 6.45) is 0.889. The van der Waals surface area contributed by atoms with Gasteiger partial charge in [0.15, 0.2) is 0 Å². The van der Waals surface area contributed by atoms with E-state index in [0.717, 1.165) is 24.8 Å². The predicted molar refractivity (Wildman–Crippen MR) is 69.9 cm³/mol. The van der Waals surface area contributed by atoms with Crippen molar-refractivity contribution in [2.45, 2.75) is 25.9 Å². The Kier molecular flexibility index (Phi) is 3.60. The van der Waals surface area contributed by atoms with Gasteiger partial charge in [-0.3, -0.25) is 0 Å². The lowest BCUT2D eigenvalue weighted by Gasteiger charge is -2.23. The fraction of sp³-hybridized carbons (Fsp3) is 1.00. The summed E-state index contributed by atoms with van der Waals surface area (Å²) in [5, 5.41) is 9.69. The van der Waals surface area contributed by atoms with Crippen molar-refractivity contribution in [2.75, 3.05) is 32.7 Å². The molecule has 2 fully saturated rings. The number of fused-ring (bicyclic) bond motifs is 1. The topological polar surface area (TPSA) is 26.7 Å². The maximum atomic E-state index is 9.69. The molecule has 2 aliphatic heterocycles. The van der Waals surface area contributed by atoms with E-state index >= 15 is 0 Å². The van der Waals surface area contributed by atoms with Crippen LogP contribution in [0.5, 0.6) is 0 Å². The number of halogens is 1. The molecule has 0 aromatic rings. The van der Waals surface area contributed by atoms with Gasteiger partial charge in [0.2, 0.25) is 0 Å². The molecule has 0 bridgehead atoms. The summed E-state index contributed by atoms with van der Waals surface area (Å²) >= 11 is 2.44. The maximum absolute atomic E-state index is 9.69. The molecular weight excluding hydrogens is 303 g/mol. The lowest BCUT2D eigenvalue weighted by Crippen LogP contribution is -2.31. The number of nitrogens with zero attached hydrogens (tertiary/aromatic N) is 2. The molecule has 0 radical (unpaired) electrons. The van der Waals surface area contributed by atoms with Gasteiger partial charge in [0.05, 0.1) is 5.60 Å². The molecule has 2 aliphatic rings. The van der Waals surface area contributed by atoms with Crippen LogP contribution >= 0.6 is 22.9 Å². The fourth-order valence-corrected chi connectivity index (χ4v) is 3.66. The van der Waals surface area contributed by atoms with Gasteiger partial charge in [0, 0.05) is 55.6 Å². The molecule has 2 rings (SSSR count). The third-order valence-corrected chi connectivity index (χ3v) is 4.34. The minimum Gasteiger partial charge on any atom is -0.390 e. The number of hydrogen-bond acceptors (Lipinski definition) is 3. The van der Waals surface area contributed by atoms with Gasteiger partial charge in [0.1, 0.15) is 0 Å². The Morgan fingerprint density at radius 2 is 1.73 bits per heavy atom. The summed E-state index contributed by atoms with van der Waals surface area (Å²) in [5.74, 6) is 1.76. The molecule has 0 aliphatic carbocycles. The van der Waals surface area contributed by atoms with Crippen molar-refractivity contribution in [3.8, 4) is 0 Å². The third kappa shape index (κ3) is 3.28. The molecule has 0 spiro atoms. The predicted octanol–water partition coefficient (Wildman–Crippen LogP) is 1.36. The van der Waals surface area contributed by atoms with Crippen LogP contribution in [0, 0.1) is 11.8 Å². The van der Waals surface area contributed by atoms with Gasteiger partial charge < -0.3 is 10.0 Å². The van der Waals surface area contributed by atoms with Crippen molar-refractivity contribution in [2.24, 2.45) is 11.8 Å². The van der Waals surface area contributed by atoms with E-state index in [-0.39, 0.29) is 0 Å². The van der Waals surface area contributed by atoms with Crippen LogP contribution < -0.4 is 0 Å². The molecule has 2 saturated heterocycles. The second-order valence-corrected chi connectivity index (χ2v) is 7.03. The van der Waals surface area contributed by atoms with Crippen LogP contribution in [0.1, 0.15) is 20.3 Å². The van der Waals surface area contributed by atoms with Crippen molar-refractivity contribution in [3.63, 3.8) is 0 Å². The minimum atomic E-state index is -0.507. The van der Waals surface area contributed by atoms with Crippen LogP contribution in [0.4, 0.5) is 0 Å². The van der Waals surface area contributed by atoms with E-state index in [4.69, 9.17) is 0 Å². The summed E-state index contributed by atoms with van der Waals surface area (Å²) in [6.45, 7) is 9.83. The highest BCUT2D eigenvalue weighted by Gasteiger charge is 2.39. The Hall–Kier alpha value is 0.610. The first-order valence-corrected chi connectivity index (χ1v) is 6.76. The molecule has 0 aromatic heterocycles. The van der Waals surface area contributed by atoms with E-state index in [1.54, 1.807) is 0 Å². The molecule has 0 saturated carbocycles. The lowest BCUT2D eigenvalue weighted by molar-refractivity contribution is 0.0595. The quantitative estimate of drug-likeness (QED) is 0.627. The number of aliphatic hydroxyl groups is 1. The average molecular weight is 324 g/mol. The highest BCUT2D eigenvalue weighted by atomic mass is 127. The second kappa shape index (κ2) is 4.47. The lowest BCUT2D eigenvalue weighted by atomic mass is 10.0. The Balaban J connectivity index is 1.75. The normalized spacial score (nSPS) is 33.6. The molecule has 0 aromatic carbocycles. The summed E-state index contributed by atoms with van der Waals surface area (Å²) in [6, 6.07) is 0. The van der Waals surface area contributed by atoms with Gasteiger partial charge >= 0.3 is 0 Å². The average Bonchev–Trinajstić information content (AvgIpc) is 2.55. The van der Waals surface area contributed by atoms with E-state index in [0.29, 0.717) is 0 Å². The largest absolute Gasteiger partial charge is 0.390 e. The molecule has 1 N–H and O–H groups in total. The summed E-state index contributed by atoms with van der Waals surface area (Å²) < 4.78 is 2.42. The molecule has 0 amide bonds. The van der Waals surface area contributed by atoms with Crippen LogP contribution in [0.2, 0.25) is 0 Å². The Bertz CT molecular complexity index is 215. The molecule has 2 atom stereocenters. The van der Waals surface area contributed by atoms with Crippen LogP contribution in [0.15, 0.2) is 0 Å². The molecule has 2 heterocycles. The van der Waals surface area contributed by atoms with Gasteiger partial charge in [-0.05, 0) is 32.1 Å². The van der Waals surface area contributed by atoms with Crippen LogP contribution in [-0.4, -0.2) is 51.4 Å². The standard InChI is InChI=1S/C11H21IN2O/c1-11(2,15)3-4-13-5-9-7-14(12)8-10(9)6-13/h9-10,15H,3-8H2,1-2H3/t9-,10+. The molecule has 0 unspecified atom stereocenters. The highest BCUT2D eigenvalue weighted by Crippen LogP contribution is 2.32. The first-order chi connectivity index (χ1) is 6.94. The van der Waals surface area contributed by atoms with Crippen molar-refractivity contribution in [1.82, 2.24) is 8.01 Å². The molecule has 3 nitrogen and oxygen atoms in total. The highest BCUT2D eigenvalue weighted by molar-refractivity contribution is 14.1. The van der Waals surface area contributed by atoms with Gasteiger partial charge in [-0.15, -0.1) is 0 Å². The van der Waals surface area contributed by atoms with Gasteiger partial charge in [-0.1, -0.05) is 0 Å². The zero-order chi connectivity index (χ0) is 11.1. The first kappa shape index (κ1) is 12.1. The van der Waals surface area contributed by atoms with Crippen molar-refractivity contribution >= 4 is 22.9 Å². The van der Waals surface area contributed by atoms with Crippen molar-refractivity contribution in [1.29, 1.82) is 0 Å². The van der Waals surface area contributed by atoms with Crippen LogP contribution in [0.3, 0.4) is 0 Å². The van der Waals surface area contributed by atoms with Crippen molar-refractivity contribution < 1.29 is 5.11 Å². The zero-order valence-electron chi connectivity index (χ0n) is 9.62. The van der Waals surface area contributed by atoms with E-state index in [1.165, 1.54) is 26.2 Å². The summed E-state index contributed by atoms with van der Waals surface area (Å²) in [4.78, 5) is 2.52. The smallest absolute Gasteiger partial charge is 0.0603 e. The number of likely N-dealkylation sites (tertiary alicyclic amines) is 1. The number of hydrogen-bond donors (Lipinski definition) is 1. The first-order valence-electron chi connectivity index (χ1n) is 5.79. The van der Waals surface area contributed by atoms with Crippen LogP contribution in [0.25, 0.3) is 0 Å². The molecule has 15 heavy (non-hydrogen) atoms. The summed E-state index contributed by atoms with van der Waals surface area (Å²) in [5.41, 5.74) is -0.507. The molecular formula is C11H21IN2O. The van der Waals surface area contributed by atoms with Gasteiger partial charge in [-0.2, -0.15) is 0 Å². The molecule has 4 heteroatoms. The maximum Gasteiger partial charge on any atom is 0.0603 e. The Labute approximate surface area is 106 Å². The minimum absolute atomic E-state index is 0.507. The van der Waals surface area contributed by atoms with Gasteiger partial charge in [0.25, 0.3) is 0 Å². The Morgan fingerprint density at radius 1 is 1.20 bits per heavy atom.